The van der Waals surface area contributed by atoms with Crippen molar-refractivity contribution in [3.05, 3.63) is 72.2 Å². The van der Waals surface area contributed by atoms with Gasteiger partial charge in [0.25, 0.3) is 0 Å². The van der Waals surface area contributed by atoms with Crippen molar-refractivity contribution in [2.75, 3.05) is 37.2 Å². The van der Waals surface area contributed by atoms with Crippen molar-refractivity contribution in [3.8, 4) is 0 Å². The standard InChI is InChI=1S/C25H28N8O/c1-17(23-29-24(26)31-25(30-23)28-19-7-3-2-4-8-19)32-11-13-33(14-12-32)22(34)15-18-16-27-21-10-6-5-9-20(18)21/h2-10,16-17,27H,11-15H2,1H3,(H3,26,28,29,30,31). The number of para-hydroxylation sites is 2. The van der Waals surface area contributed by atoms with Gasteiger partial charge in [-0.05, 0) is 30.7 Å². The molecule has 1 unspecified atom stereocenters. The molecule has 0 aliphatic carbocycles. The van der Waals surface area contributed by atoms with Gasteiger partial charge in [0, 0.05) is 49.0 Å². The van der Waals surface area contributed by atoms with E-state index in [0.29, 0.717) is 31.3 Å². The smallest absolute Gasteiger partial charge is 0.232 e. The number of rotatable bonds is 6. The molecule has 0 bridgehead atoms. The van der Waals surface area contributed by atoms with Gasteiger partial charge < -0.3 is 20.9 Å². The van der Waals surface area contributed by atoms with Crippen LogP contribution in [0, 0.1) is 0 Å². The van der Waals surface area contributed by atoms with Gasteiger partial charge in [0.05, 0.1) is 12.5 Å². The molecule has 9 nitrogen and oxygen atoms in total. The number of nitrogen functional groups attached to an aromatic ring is 1. The molecular weight excluding hydrogens is 428 g/mol. The summed E-state index contributed by atoms with van der Waals surface area (Å²) in [6, 6.07) is 17.7. The van der Waals surface area contributed by atoms with Crippen LogP contribution in [0.25, 0.3) is 10.9 Å². The molecule has 1 amide bonds. The molecular formula is C25H28N8O. The number of nitrogens with one attached hydrogen (secondary N) is 2. The van der Waals surface area contributed by atoms with Crippen LogP contribution < -0.4 is 11.1 Å². The number of benzene rings is 2. The van der Waals surface area contributed by atoms with Gasteiger partial charge in [-0.15, -0.1) is 0 Å². The monoisotopic (exact) mass is 456 g/mol. The number of hydrogen-bond donors (Lipinski definition) is 3. The minimum absolute atomic E-state index is 0.0486. The Hall–Kier alpha value is -3.98. The highest BCUT2D eigenvalue weighted by Crippen LogP contribution is 2.23. The first-order chi connectivity index (χ1) is 16.6. The van der Waals surface area contributed by atoms with Crippen molar-refractivity contribution < 1.29 is 4.79 Å². The van der Waals surface area contributed by atoms with Crippen molar-refractivity contribution in [2.24, 2.45) is 0 Å². The first kappa shape index (κ1) is 21.8. The zero-order valence-corrected chi connectivity index (χ0v) is 19.1. The van der Waals surface area contributed by atoms with Crippen LogP contribution in [0.15, 0.2) is 60.8 Å². The Kier molecular flexibility index (Phi) is 6.09. The largest absolute Gasteiger partial charge is 0.368 e. The summed E-state index contributed by atoms with van der Waals surface area (Å²) >= 11 is 0. The zero-order valence-electron chi connectivity index (χ0n) is 19.1. The van der Waals surface area contributed by atoms with Crippen molar-refractivity contribution in [1.29, 1.82) is 0 Å². The van der Waals surface area contributed by atoms with Gasteiger partial charge in [-0.2, -0.15) is 15.0 Å². The van der Waals surface area contributed by atoms with E-state index in [2.05, 4.69) is 43.1 Å². The predicted octanol–water partition coefficient (Wildman–Crippen LogP) is 3.13. The number of carbonyl (C=O) groups excluding carboxylic acids is 1. The molecule has 3 heterocycles. The highest BCUT2D eigenvalue weighted by molar-refractivity contribution is 5.88. The second kappa shape index (κ2) is 9.48. The number of amides is 1. The fourth-order valence-corrected chi connectivity index (χ4v) is 4.38. The quantitative estimate of drug-likeness (QED) is 0.408. The number of aromatic nitrogens is 4. The molecule has 1 fully saturated rings. The van der Waals surface area contributed by atoms with E-state index in [9.17, 15) is 4.79 Å². The number of fused-ring (bicyclic) bond motifs is 1. The molecule has 4 N–H and O–H groups in total. The molecule has 0 radical (unpaired) electrons. The maximum absolute atomic E-state index is 13.0. The molecule has 5 rings (SSSR count). The summed E-state index contributed by atoms with van der Waals surface area (Å²) in [6.45, 7) is 4.88. The van der Waals surface area contributed by atoms with Crippen LogP contribution >= 0.6 is 0 Å². The number of anilines is 3. The molecule has 34 heavy (non-hydrogen) atoms. The van der Waals surface area contributed by atoms with E-state index < -0.39 is 0 Å². The van der Waals surface area contributed by atoms with Crippen LogP contribution in [0.1, 0.15) is 24.4 Å². The number of hydrogen-bond acceptors (Lipinski definition) is 7. The summed E-state index contributed by atoms with van der Waals surface area (Å²) in [7, 11) is 0. The molecule has 1 aliphatic rings. The van der Waals surface area contributed by atoms with Gasteiger partial charge in [-0.1, -0.05) is 36.4 Å². The van der Waals surface area contributed by atoms with Gasteiger partial charge >= 0.3 is 0 Å². The molecule has 9 heteroatoms. The van der Waals surface area contributed by atoms with Crippen LogP contribution in [0.5, 0.6) is 0 Å². The average Bonchev–Trinajstić information content (AvgIpc) is 3.26. The SMILES string of the molecule is CC(c1nc(N)nc(Nc2ccccc2)n1)N1CCN(C(=O)Cc2c[nH]c3ccccc23)CC1. The Morgan fingerprint density at radius 1 is 1.03 bits per heavy atom. The minimum Gasteiger partial charge on any atom is -0.368 e. The number of piperazine rings is 1. The third kappa shape index (κ3) is 4.69. The third-order valence-corrected chi connectivity index (χ3v) is 6.30. The lowest BCUT2D eigenvalue weighted by Gasteiger charge is -2.37. The molecule has 174 valence electrons. The summed E-state index contributed by atoms with van der Waals surface area (Å²) < 4.78 is 0. The molecule has 2 aromatic heterocycles. The molecule has 2 aromatic carbocycles. The summed E-state index contributed by atoms with van der Waals surface area (Å²) in [6.07, 6.45) is 2.34. The predicted molar refractivity (Wildman–Crippen MR) is 133 cm³/mol. The Morgan fingerprint density at radius 2 is 1.76 bits per heavy atom. The van der Waals surface area contributed by atoms with E-state index >= 15 is 0 Å². The normalized spacial score (nSPS) is 15.4. The van der Waals surface area contributed by atoms with E-state index in [1.165, 1.54) is 0 Å². The van der Waals surface area contributed by atoms with Crippen molar-refractivity contribution in [2.45, 2.75) is 19.4 Å². The fraction of sp³-hybridized carbons (Fsp3) is 0.280. The van der Waals surface area contributed by atoms with Crippen LogP contribution in [-0.4, -0.2) is 61.8 Å². The molecule has 1 aliphatic heterocycles. The van der Waals surface area contributed by atoms with Crippen LogP contribution in [0.2, 0.25) is 0 Å². The Labute approximate surface area is 198 Å². The van der Waals surface area contributed by atoms with Gasteiger partial charge in [0.15, 0.2) is 5.82 Å². The summed E-state index contributed by atoms with van der Waals surface area (Å²) in [5.74, 6) is 1.37. The van der Waals surface area contributed by atoms with E-state index in [-0.39, 0.29) is 17.9 Å². The second-order valence-electron chi connectivity index (χ2n) is 8.50. The molecule has 0 saturated carbocycles. The van der Waals surface area contributed by atoms with Gasteiger partial charge in [0.2, 0.25) is 17.8 Å². The number of carbonyl (C=O) groups is 1. The third-order valence-electron chi connectivity index (χ3n) is 6.30. The van der Waals surface area contributed by atoms with E-state index in [4.69, 9.17) is 5.73 Å². The lowest BCUT2D eigenvalue weighted by Crippen LogP contribution is -2.49. The van der Waals surface area contributed by atoms with Gasteiger partial charge in [-0.25, -0.2) is 0 Å². The number of nitrogens with zero attached hydrogens (tertiary/aromatic N) is 5. The molecule has 1 atom stereocenters. The minimum atomic E-state index is -0.0486. The van der Waals surface area contributed by atoms with Crippen molar-refractivity contribution >= 4 is 34.4 Å². The van der Waals surface area contributed by atoms with Crippen LogP contribution in [-0.2, 0) is 11.2 Å². The van der Waals surface area contributed by atoms with E-state index in [0.717, 1.165) is 35.2 Å². The van der Waals surface area contributed by atoms with E-state index in [1.807, 2.05) is 59.6 Å². The summed E-state index contributed by atoms with van der Waals surface area (Å²) in [5.41, 5.74) is 8.95. The number of H-pyrrole nitrogens is 1. The molecule has 1 saturated heterocycles. The van der Waals surface area contributed by atoms with Crippen molar-refractivity contribution in [3.63, 3.8) is 0 Å². The van der Waals surface area contributed by atoms with E-state index in [1.54, 1.807) is 0 Å². The number of nitrogens with two attached hydrogens (primary N) is 1. The lowest BCUT2D eigenvalue weighted by atomic mass is 10.1. The maximum Gasteiger partial charge on any atom is 0.232 e. The topological polar surface area (TPSA) is 116 Å². The van der Waals surface area contributed by atoms with Gasteiger partial charge in [-0.3, -0.25) is 9.69 Å². The Bertz CT molecular complexity index is 1280. The van der Waals surface area contributed by atoms with Gasteiger partial charge in [0.1, 0.15) is 0 Å². The zero-order chi connectivity index (χ0) is 23.5. The Balaban J connectivity index is 1.21. The molecule has 4 aromatic rings. The highest BCUT2D eigenvalue weighted by Gasteiger charge is 2.27. The van der Waals surface area contributed by atoms with Crippen LogP contribution in [0.4, 0.5) is 17.6 Å². The fourth-order valence-electron chi connectivity index (χ4n) is 4.38. The first-order valence-corrected chi connectivity index (χ1v) is 11.5. The first-order valence-electron chi connectivity index (χ1n) is 11.5. The van der Waals surface area contributed by atoms with Crippen LogP contribution in [0.3, 0.4) is 0 Å². The lowest BCUT2D eigenvalue weighted by molar-refractivity contribution is -0.132. The van der Waals surface area contributed by atoms with Crippen molar-refractivity contribution in [1.82, 2.24) is 29.7 Å². The Morgan fingerprint density at radius 3 is 2.56 bits per heavy atom. The maximum atomic E-state index is 13.0. The highest BCUT2D eigenvalue weighted by atomic mass is 16.2. The second-order valence-corrected chi connectivity index (χ2v) is 8.50. The summed E-state index contributed by atoms with van der Waals surface area (Å²) in [5, 5.41) is 4.29. The number of aromatic amines is 1. The summed E-state index contributed by atoms with van der Waals surface area (Å²) in [4.78, 5) is 33.6. The average molecular weight is 457 g/mol. The molecule has 0 spiro atoms.